The zero-order valence-electron chi connectivity index (χ0n) is 11.1. The van der Waals surface area contributed by atoms with Crippen LogP contribution in [0.15, 0.2) is 24.3 Å². The Balaban J connectivity index is 2.41. The van der Waals surface area contributed by atoms with Gasteiger partial charge in [-0.3, -0.25) is 19.3 Å². The Morgan fingerprint density at radius 2 is 1.90 bits per heavy atom. The second-order valence-corrected chi connectivity index (χ2v) is 4.65. The molecule has 1 aliphatic rings. The summed E-state index contributed by atoms with van der Waals surface area (Å²) in [4.78, 5) is 36.7. The molecule has 0 unspecified atom stereocenters. The van der Waals surface area contributed by atoms with Crippen molar-refractivity contribution < 1.29 is 23.5 Å². The first kappa shape index (κ1) is 14.2. The van der Waals surface area contributed by atoms with Gasteiger partial charge in [0.05, 0.1) is 7.11 Å². The van der Waals surface area contributed by atoms with Crippen molar-refractivity contribution in [3.05, 3.63) is 35.6 Å². The maximum Gasteiger partial charge on any atom is 0.318 e. The third-order valence-corrected chi connectivity index (χ3v) is 3.52. The number of imide groups is 1. The minimum Gasteiger partial charge on any atom is -0.468 e. The number of carbonyl (C=O) groups is 3. The fraction of sp³-hybridized carbons (Fsp3) is 0.357. The predicted octanol–water partition coefficient (Wildman–Crippen LogP) is 1.09. The van der Waals surface area contributed by atoms with Crippen molar-refractivity contribution >= 4 is 17.8 Å². The van der Waals surface area contributed by atoms with Gasteiger partial charge in [0, 0.05) is 19.4 Å². The van der Waals surface area contributed by atoms with Crippen LogP contribution >= 0.6 is 0 Å². The molecule has 0 spiro atoms. The van der Waals surface area contributed by atoms with E-state index in [9.17, 15) is 18.8 Å². The Labute approximate surface area is 115 Å². The SMILES string of the molecule is COC(=O)[C@@H]1C(=O)N(C)C(=O)C[C@@H]1c1ccc(F)cc1. The molecule has 0 aliphatic carbocycles. The van der Waals surface area contributed by atoms with E-state index in [0.29, 0.717) is 5.56 Å². The summed E-state index contributed by atoms with van der Waals surface area (Å²) in [5.74, 6) is -3.78. The average molecular weight is 279 g/mol. The minimum absolute atomic E-state index is 0.00758. The van der Waals surface area contributed by atoms with E-state index in [1.807, 2.05) is 0 Å². The van der Waals surface area contributed by atoms with Gasteiger partial charge in [0.2, 0.25) is 11.8 Å². The molecule has 1 heterocycles. The molecule has 1 fully saturated rings. The number of piperidine rings is 1. The largest absolute Gasteiger partial charge is 0.468 e. The molecule has 2 rings (SSSR count). The second-order valence-electron chi connectivity index (χ2n) is 4.65. The molecular formula is C14H14FNO4. The molecule has 0 aromatic heterocycles. The van der Waals surface area contributed by atoms with Crippen LogP contribution in [-0.2, 0) is 19.1 Å². The molecule has 1 saturated heterocycles. The van der Waals surface area contributed by atoms with Crippen LogP contribution < -0.4 is 0 Å². The number of ether oxygens (including phenoxy) is 1. The van der Waals surface area contributed by atoms with E-state index < -0.39 is 29.5 Å². The van der Waals surface area contributed by atoms with Gasteiger partial charge in [-0.2, -0.15) is 0 Å². The van der Waals surface area contributed by atoms with Gasteiger partial charge in [-0.1, -0.05) is 12.1 Å². The number of methoxy groups -OCH3 is 1. The van der Waals surface area contributed by atoms with Gasteiger partial charge in [-0.15, -0.1) is 0 Å². The van der Waals surface area contributed by atoms with Gasteiger partial charge < -0.3 is 4.74 Å². The molecule has 2 amide bonds. The summed E-state index contributed by atoms with van der Waals surface area (Å²) < 4.78 is 17.6. The summed E-state index contributed by atoms with van der Waals surface area (Å²) in [7, 11) is 2.52. The van der Waals surface area contributed by atoms with Gasteiger partial charge in [0.15, 0.2) is 0 Å². The van der Waals surface area contributed by atoms with Crippen molar-refractivity contribution in [3.63, 3.8) is 0 Å². The van der Waals surface area contributed by atoms with Crippen molar-refractivity contribution in [1.82, 2.24) is 4.90 Å². The predicted molar refractivity (Wildman–Crippen MR) is 67.0 cm³/mol. The van der Waals surface area contributed by atoms with Crippen LogP contribution in [0.5, 0.6) is 0 Å². The standard InChI is InChI=1S/C14H14FNO4/c1-16-11(17)7-10(8-3-5-9(15)6-4-8)12(13(16)18)14(19)20-2/h3-6,10,12H,7H2,1-2H3/t10-,12+/m1/s1. The van der Waals surface area contributed by atoms with Gasteiger partial charge >= 0.3 is 5.97 Å². The van der Waals surface area contributed by atoms with E-state index in [1.54, 1.807) is 0 Å². The number of halogens is 1. The van der Waals surface area contributed by atoms with E-state index in [0.717, 1.165) is 4.90 Å². The molecule has 0 saturated carbocycles. The summed E-state index contributed by atoms with van der Waals surface area (Å²) in [6, 6.07) is 5.41. The maximum absolute atomic E-state index is 13.0. The Kier molecular flexibility index (Phi) is 3.83. The van der Waals surface area contributed by atoms with Crippen molar-refractivity contribution in [2.45, 2.75) is 12.3 Å². The first-order chi connectivity index (χ1) is 9.45. The molecular weight excluding hydrogens is 265 g/mol. The fourth-order valence-corrected chi connectivity index (χ4v) is 2.36. The van der Waals surface area contributed by atoms with Crippen LogP contribution in [0.1, 0.15) is 17.9 Å². The molecule has 0 radical (unpaired) electrons. The van der Waals surface area contributed by atoms with Crippen LogP contribution in [0.3, 0.4) is 0 Å². The lowest BCUT2D eigenvalue weighted by Crippen LogP contribution is -2.49. The summed E-state index contributed by atoms with van der Waals surface area (Å²) in [6.07, 6.45) is 0.00758. The lowest BCUT2D eigenvalue weighted by Gasteiger charge is -2.33. The van der Waals surface area contributed by atoms with E-state index in [4.69, 9.17) is 0 Å². The number of esters is 1. The quantitative estimate of drug-likeness (QED) is 0.462. The number of benzene rings is 1. The number of carbonyl (C=O) groups excluding carboxylic acids is 3. The van der Waals surface area contributed by atoms with E-state index >= 15 is 0 Å². The minimum atomic E-state index is -1.08. The highest BCUT2D eigenvalue weighted by Crippen LogP contribution is 2.34. The average Bonchev–Trinajstić information content (AvgIpc) is 2.44. The first-order valence-electron chi connectivity index (χ1n) is 6.09. The first-order valence-corrected chi connectivity index (χ1v) is 6.09. The lowest BCUT2D eigenvalue weighted by molar-refractivity contribution is -0.160. The second kappa shape index (κ2) is 5.40. The Morgan fingerprint density at radius 1 is 1.30 bits per heavy atom. The normalized spacial score (nSPS) is 22.9. The third kappa shape index (κ3) is 2.41. The highest BCUT2D eigenvalue weighted by atomic mass is 19.1. The summed E-state index contributed by atoms with van der Waals surface area (Å²) in [5, 5.41) is 0. The van der Waals surface area contributed by atoms with Crippen molar-refractivity contribution in [2.75, 3.05) is 14.2 Å². The van der Waals surface area contributed by atoms with Gasteiger partial charge in [0.1, 0.15) is 11.7 Å². The molecule has 0 N–H and O–H groups in total. The molecule has 106 valence electrons. The Bertz CT molecular complexity index is 555. The topological polar surface area (TPSA) is 63.7 Å². The van der Waals surface area contributed by atoms with Crippen molar-refractivity contribution in [3.8, 4) is 0 Å². The Morgan fingerprint density at radius 3 is 2.45 bits per heavy atom. The Hall–Kier alpha value is -2.24. The smallest absolute Gasteiger partial charge is 0.318 e. The monoisotopic (exact) mass is 279 g/mol. The molecule has 6 heteroatoms. The molecule has 5 nitrogen and oxygen atoms in total. The van der Waals surface area contributed by atoms with Crippen LogP contribution in [0.25, 0.3) is 0 Å². The number of rotatable bonds is 2. The van der Waals surface area contributed by atoms with Crippen LogP contribution in [-0.4, -0.2) is 36.8 Å². The number of likely N-dealkylation sites (tertiary alicyclic amines) is 1. The highest BCUT2D eigenvalue weighted by Gasteiger charge is 2.45. The maximum atomic E-state index is 13.0. The van der Waals surface area contributed by atoms with Gasteiger partial charge in [-0.25, -0.2) is 4.39 Å². The van der Waals surface area contributed by atoms with E-state index in [2.05, 4.69) is 4.74 Å². The number of amides is 2. The molecule has 0 bridgehead atoms. The van der Waals surface area contributed by atoms with Gasteiger partial charge in [-0.05, 0) is 17.7 Å². The fourth-order valence-electron chi connectivity index (χ4n) is 2.36. The molecule has 2 atom stereocenters. The van der Waals surface area contributed by atoms with Crippen LogP contribution in [0, 0.1) is 11.7 Å². The molecule has 20 heavy (non-hydrogen) atoms. The zero-order valence-corrected chi connectivity index (χ0v) is 11.1. The van der Waals surface area contributed by atoms with E-state index in [1.165, 1.54) is 38.4 Å². The summed E-state index contributed by atoms with van der Waals surface area (Å²) >= 11 is 0. The van der Waals surface area contributed by atoms with Crippen molar-refractivity contribution in [2.24, 2.45) is 5.92 Å². The van der Waals surface area contributed by atoms with Crippen LogP contribution in [0.2, 0.25) is 0 Å². The third-order valence-electron chi connectivity index (χ3n) is 3.52. The summed E-state index contributed by atoms with van der Waals surface area (Å²) in [6.45, 7) is 0. The zero-order chi connectivity index (χ0) is 14.9. The lowest BCUT2D eigenvalue weighted by atomic mass is 9.79. The number of hydrogen-bond donors (Lipinski definition) is 0. The van der Waals surface area contributed by atoms with E-state index in [-0.39, 0.29) is 12.3 Å². The number of hydrogen-bond acceptors (Lipinski definition) is 4. The van der Waals surface area contributed by atoms with Crippen LogP contribution in [0.4, 0.5) is 4.39 Å². The number of nitrogens with zero attached hydrogens (tertiary/aromatic N) is 1. The van der Waals surface area contributed by atoms with Gasteiger partial charge in [0.25, 0.3) is 0 Å². The highest BCUT2D eigenvalue weighted by molar-refractivity contribution is 6.08. The van der Waals surface area contributed by atoms with Crippen molar-refractivity contribution in [1.29, 1.82) is 0 Å². The molecule has 1 aromatic carbocycles. The summed E-state index contributed by atoms with van der Waals surface area (Å²) in [5.41, 5.74) is 0.566. The molecule has 1 aromatic rings. The molecule has 1 aliphatic heterocycles.